The number of imidazole rings is 1. The molecule has 2 N–H and O–H groups in total. The van der Waals surface area contributed by atoms with E-state index < -0.39 is 0 Å². The van der Waals surface area contributed by atoms with E-state index in [1.54, 1.807) is 12.4 Å². The van der Waals surface area contributed by atoms with Gasteiger partial charge in [0, 0.05) is 18.9 Å². The third kappa shape index (κ3) is 2.64. The summed E-state index contributed by atoms with van der Waals surface area (Å²) in [6.07, 6.45) is 6.55. The van der Waals surface area contributed by atoms with Gasteiger partial charge in [0.15, 0.2) is 0 Å². The highest BCUT2D eigenvalue weighted by atomic mass is 32.1. The molecule has 20 heavy (non-hydrogen) atoms. The zero-order chi connectivity index (χ0) is 13.9. The lowest BCUT2D eigenvalue weighted by molar-refractivity contribution is 0.160. The molecular weight excluding hydrogens is 276 g/mol. The molecule has 106 valence electrons. The molecule has 0 spiro atoms. The average molecular weight is 292 g/mol. The van der Waals surface area contributed by atoms with E-state index >= 15 is 0 Å². The Hall–Kier alpha value is -1.96. The summed E-state index contributed by atoms with van der Waals surface area (Å²) < 4.78 is 0. The average Bonchev–Trinajstić information content (AvgIpc) is 3.10. The van der Waals surface area contributed by atoms with Gasteiger partial charge in [-0.1, -0.05) is 11.3 Å². The van der Waals surface area contributed by atoms with E-state index in [1.807, 2.05) is 11.8 Å². The van der Waals surface area contributed by atoms with Crippen LogP contribution >= 0.6 is 11.3 Å². The number of urea groups is 1. The minimum absolute atomic E-state index is 0.00719. The first-order chi connectivity index (χ1) is 9.74. The van der Waals surface area contributed by atoms with Crippen molar-refractivity contribution in [2.75, 3.05) is 11.9 Å². The van der Waals surface area contributed by atoms with Crippen molar-refractivity contribution in [3.63, 3.8) is 0 Å². The van der Waals surface area contributed by atoms with Crippen molar-refractivity contribution in [3.8, 4) is 0 Å². The van der Waals surface area contributed by atoms with Crippen LogP contribution in [0.1, 0.15) is 36.1 Å². The fourth-order valence-corrected chi connectivity index (χ4v) is 3.01. The molecule has 2 aromatic heterocycles. The second-order valence-electron chi connectivity index (χ2n) is 4.74. The van der Waals surface area contributed by atoms with Gasteiger partial charge in [0.25, 0.3) is 0 Å². The van der Waals surface area contributed by atoms with Crippen LogP contribution in [0, 0.1) is 6.92 Å². The van der Waals surface area contributed by atoms with Crippen LogP contribution < -0.4 is 5.32 Å². The summed E-state index contributed by atoms with van der Waals surface area (Å²) in [6, 6.07) is -0.130. The van der Waals surface area contributed by atoms with Gasteiger partial charge >= 0.3 is 6.03 Å². The number of amides is 2. The number of carbonyl (C=O) groups is 1. The molecule has 0 aromatic carbocycles. The number of likely N-dealkylation sites (tertiary alicyclic amines) is 1. The lowest BCUT2D eigenvalue weighted by atomic mass is 10.0. The van der Waals surface area contributed by atoms with E-state index in [0.29, 0.717) is 5.13 Å². The quantitative estimate of drug-likeness (QED) is 0.889. The number of H-pyrrole nitrogens is 1. The third-order valence-corrected chi connectivity index (χ3v) is 4.09. The molecule has 8 heteroatoms. The number of aryl methyl sites for hydroxylation is 1. The number of hydrogen-bond acceptors (Lipinski definition) is 5. The molecule has 1 aliphatic heterocycles. The van der Waals surface area contributed by atoms with Crippen molar-refractivity contribution in [2.45, 2.75) is 32.2 Å². The van der Waals surface area contributed by atoms with Gasteiger partial charge in [-0.05, 0) is 26.2 Å². The van der Waals surface area contributed by atoms with E-state index in [2.05, 4.69) is 25.5 Å². The summed E-state index contributed by atoms with van der Waals surface area (Å²) >= 11 is 1.37. The molecule has 3 heterocycles. The summed E-state index contributed by atoms with van der Waals surface area (Å²) in [5, 5.41) is 12.0. The molecule has 2 amide bonds. The number of rotatable bonds is 2. The molecular formula is C12H16N6OS. The zero-order valence-corrected chi connectivity index (χ0v) is 12.0. The Bertz CT molecular complexity index is 581. The Morgan fingerprint density at radius 3 is 3.10 bits per heavy atom. The molecule has 0 saturated carbocycles. The van der Waals surface area contributed by atoms with Gasteiger partial charge in [-0.15, -0.1) is 10.2 Å². The fraction of sp³-hybridized carbons (Fsp3) is 0.500. The molecule has 7 nitrogen and oxygen atoms in total. The number of anilines is 1. The molecule has 2 aromatic rings. The highest BCUT2D eigenvalue weighted by Gasteiger charge is 2.30. The molecule has 1 atom stereocenters. The van der Waals surface area contributed by atoms with Crippen LogP contribution in [0.2, 0.25) is 0 Å². The molecule has 0 aliphatic carbocycles. The number of carbonyl (C=O) groups excluding carboxylic acids is 1. The highest BCUT2D eigenvalue weighted by molar-refractivity contribution is 7.15. The number of nitrogens with zero attached hydrogens (tertiary/aromatic N) is 4. The number of aromatic nitrogens is 4. The van der Waals surface area contributed by atoms with E-state index in [0.717, 1.165) is 36.6 Å². The summed E-state index contributed by atoms with van der Waals surface area (Å²) in [5.41, 5.74) is 0. The Balaban J connectivity index is 1.74. The van der Waals surface area contributed by atoms with Gasteiger partial charge in [0.05, 0.1) is 6.04 Å². The topological polar surface area (TPSA) is 86.8 Å². The summed E-state index contributed by atoms with van der Waals surface area (Å²) in [4.78, 5) is 21.6. The molecule has 0 radical (unpaired) electrons. The third-order valence-electron chi connectivity index (χ3n) is 3.34. The minimum atomic E-state index is -0.137. The van der Waals surface area contributed by atoms with E-state index in [1.165, 1.54) is 11.3 Å². The predicted molar refractivity (Wildman–Crippen MR) is 75.6 cm³/mol. The van der Waals surface area contributed by atoms with Crippen LogP contribution in [-0.4, -0.2) is 37.6 Å². The van der Waals surface area contributed by atoms with Gasteiger partial charge in [-0.2, -0.15) is 0 Å². The van der Waals surface area contributed by atoms with E-state index in [-0.39, 0.29) is 12.1 Å². The maximum Gasteiger partial charge on any atom is 0.324 e. The van der Waals surface area contributed by atoms with E-state index in [4.69, 9.17) is 0 Å². The highest BCUT2D eigenvalue weighted by Crippen LogP contribution is 2.29. The number of nitrogens with one attached hydrogen (secondary N) is 2. The van der Waals surface area contributed by atoms with Crippen molar-refractivity contribution >= 4 is 22.5 Å². The maximum atomic E-state index is 12.4. The Morgan fingerprint density at radius 2 is 2.40 bits per heavy atom. The SMILES string of the molecule is Cc1nnc(NC(=O)N2CCCCC2c2ncc[nH]2)s1. The second kappa shape index (κ2) is 5.58. The lowest BCUT2D eigenvalue weighted by Gasteiger charge is -2.34. The monoisotopic (exact) mass is 292 g/mol. The van der Waals surface area contributed by atoms with Crippen LogP contribution in [0.15, 0.2) is 12.4 Å². The summed E-state index contributed by atoms with van der Waals surface area (Å²) in [5.74, 6) is 0.841. The lowest BCUT2D eigenvalue weighted by Crippen LogP contribution is -2.41. The first-order valence-corrected chi connectivity index (χ1v) is 7.42. The molecule has 3 rings (SSSR count). The van der Waals surface area contributed by atoms with Crippen molar-refractivity contribution in [1.82, 2.24) is 25.1 Å². The van der Waals surface area contributed by atoms with Gasteiger partial charge in [-0.3, -0.25) is 5.32 Å². The first-order valence-electron chi connectivity index (χ1n) is 6.61. The van der Waals surface area contributed by atoms with E-state index in [9.17, 15) is 4.79 Å². The minimum Gasteiger partial charge on any atom is -0.347 e. The number of hydrogen-bond donors (Lipinski definition) is 2. The largest absolute Gasteiger partial charge is 0.347 e. The van der Waals surface area contributed by atoms with Crippen molar-refractivity contribution in [1.29, 1.82) is 0 Å². The van der Waals surface area contributed by atoms with Crippen molar-refractivity contribution < 1.29 is 4.79 Å². The summed E-state index contributed by atoms with van der Waals surface area (Å²) in [6.45, 7) is 2.59. The van der Waals surface area contributed by atoms with Gasteiger partial charge < -0.3 is 9.88 Å². The normalized spacial score (nSPS) is 19.1. The molecule has 1 saturated heterocycles. The maximum absolute atomic E-state index is 12.4. The van der Waals surface area contributed by atoms with Crippen LogP contribution in [0.5, 0.6) is 0 Å². The Morgan fingerprint density at radius 1 is 1.50 bits per heavy atom. The number of piperidine rings is 1. The van der Waals surface area contributed by atoms with Gasteiger partial charge in [0.1, 0.15) is 10.8 Å². The Labute approximate surface area is 120 Å². The molecule has 1 unspecified atom stereocenters. The Kier molecular flexibility index (Phi) is 3.64. The van der Waals surface area contributed by atoms with Crippen molar-refractivity contribution in [3.05, 3.63) is 23.2 Å². The van der Waals surface area contributed by atoms with Gasteiger partial charge in [0.2, 0.25) is 5.13 Å². The smallest absolute Gasteiger partial charge is 0.324 e. The van der Waals surface area contributed by atoms with Crippen LogP contribution in [0.25, 0.3) is 0 Å². The van der Waals surface area contributed by atoms with Crippen LogP contribution in [0.4, 0.5) is 9.93 Å². The zero-order valence-electron chi connectivity index (χ0n) is 11.2. The van der Waals surface area contributed by atoms with Crippen LogP contribution in [0.3, 0.4) is 0 Å². The predicted octanol–water partition coefficient (Wildman–Crippen LogP) is 2.33. The van der Waals surface area contributed by atoms with Gasteiger partial charge in [-0.25, -0.2) is 9.78 Å². The van der Waals surface area contributed by atoms with Crippen LogP contribution in [-0.2, 0) is 0 Å². The van der Waals surface area contributed by atoms with Crippen molar-refractivity contribution in [2.24, 2.45) is 0 Å². The first kappa shape index (κ1) is 13.0. The fourth-order valence-electron chi connectivity index (χ4n) is 2.43. The molecule has 0 bridgehead atoms. The standard InChI is InChI=1S/C12H16N6OS/c1-8-16-17-11(20-8)15-12(19)18-7-3-2-4-9(18)10-13-5-6-14-10/h5-6,9H,2-4,7H2,1H3,(H,13,14)(H,15,17,19). The summed E-state index contributed by atoms with van der Waals surface area (Å²) in [7, 11) is 0. The molecule has 1 fully saturated rings. The second-order valence-corrected chi connectivity index (χ2v) is 5.92. The molecule has 1 aliphatic rings. The number of aromatic amines is 1.